The highest BCUT2D eigenvalue weighted by Crippen LogP contribution is 2.35. The molecule has 18 heavy (non-hydrogen) atoms. The fourth-order valence-electron chi connectivity index (χ4n) is 2.03. The number of nitrogens with one attached hydrogen (secondary N) is 1. The number of ether oxygens (including phenoxy) is 1. The average Bonchev–Trinajstić information content (AvgIpc) is 3.02. The summed E-state index contributed by atoms with van der Waals surface area (Å²) >= 11 is 0. The molecule has 94 valence electrons. The lowest BCUT2D eigenvalue weighted by Crippen LogP contribution is -2.12. The minimum atomic E-state index is -0.124. The van der Waals surface area contributed by atoms with Gasteiger partial charge in [0, 0.05) is 6.42 Å². The van der Waals surface area contributed by atoms with E-state index in [9.17, 15) is 0 Å². The average molecular weight is 245 g/mol. The van der Waals surface area contributed by atoms with Gasteiger partial charge in [-0.2, -0.15) is 4.98 Å². The molecule has 0 spiro atoms. The van der Waals surface area contributed by atoms with E-state index in [0.29, 0.717) is 18.3 Å². The molecule has 5 heteroatoms. The summed E-state index contributed by atoms with van der Waals surface area (Å²) in [5, 5.41) is 7.13. The first-order valence-corrected chi connectivity index (χ1v) is 6.14. The number of hydrogen-bond donors (Lipinski definition) is 1. The van der Waals surface area contributed by atoms with E-state index in [0.717, 1.165) is 18.7 Å². The molecular weight excluding hydrogens is 230 g/mol. The van der Waals surface area contributed by atoms with Crippen LogP contribution >= 0.6 is 0 Å². The highest BCUT2D eigenvalue weighted by molar-refractivity contribution is 5.37. The molecule has 0 fully saturated rings. The van der Waals surface area contributed by atoms with Gasteiger partial charge in [-0.05, 0) is 18.2 Å². The van der Waals surface area contributed by atoms with Crippen LogP contribution in [0.15, 0.2) is 28.8 Å². The minimum Gasteiger partial charge on any atom is -0.482 e. The number of hydrogen-bond acceptors (Lipinski definition) is 5. The van der Waals surface area contributed by atoms with Crippen LogP contribution < -0.4 is 10.1 Å². The van der Waals surface area contributed by atoms with Crippen LogP contribution in [-0.2, 0) is 13.0 Å². The predicted molar refractivity (Wildman–Crippen MR) is 65.2 cm³/mol. The molecule has 5 nitrogen and oxygen atoms in total. The number of para-hydroxylation sites is 1. The summed E-state index contributed by atoms with van der Waals surface area (Å²) < 4.78 is 11.0. The van der Waals surface area contributed by atoms with Crippen LogP contribution in [0.25, 0.3) is 0 Å². The first kappa shape index (κ1) is 11.2. The van der Waals surface area contributed by atoms with Crippen LogP contribution in [0, 0.1) is 0 Å². The van der Waals surface area contributed by atoms with Crippen molar-refractivity contribution in [1.82, 2.24) is 15.5 Å². The molecule has 0 bridgehead atoms. The van der Waals surface area contributed by atoms with E-state index >= 15 is 0 Å². The van der Waals surface area contributed by atoms with Gasteiger partial charge in [-0.25, -0.2) is 0 Å². The summed E-state index contributed by atoms with van der Waals surface area (Å²) in [7, 11) is 0. The topological polar surface area (TPSA) is 60.2 Å². The first-order valence-electron chi connectivity index (χ1n) is 6.14. The van der Waals surface area contributed by atoms with Gasteiger partial charge in [0.05, 0.1) is 6.54 Å². The maximum atomic E-state index is 5.81. The standard InChI is InChI=1S/C13H15N3O2/c1-2-14-8-12-15-13(16-18-12)11-7-9-5-3-4-6-10(9)17-11/h3-6,11,14H,2,7-8H2,1H3. The summed E-state index contributed by atoms with van der Waals surface area (Å²) in [4.78, 5) is 4.35. The second-order valence-corrected chi connectivity index (χ2v) is 4.24. The van der Waals surface area contributed by atoms with Gasteiger partial charge in [-0.3, -0.25) is 0 Å². The fraction of sp³-hybridized carbons (Fsp3) is 0.385. The molecule has 2 heterocycles. The van der Waals surface area contributed by atoms with Crippen molar-refractivity contribution in [3.8, 4) is 5.75 Å². The molecule has 3 rings (SSSR count). The Morgan fingerprint density at radius 3 is 3.11 bits per heavy atom. The Balaban J connectivity index is 1.72. The quantitative estimate of drug-likeness (QED) is 0.890. The Kier molecular flexibility index (Phi) is 2.98. The van der Waals surface area contributed by atoms with E-state index in [1.807, 2.05) is 25.1 Å². The van der Waals surface area contributed by atoms with Crippen molar-refractivity contribution in [2.75, 3.05) is 6.54 Å². The molecular formula is C13H15N3O2. The molecule has 1 aliphatic rings. The van der Waals surface area contributed by atoms with Gasteiger partial charge in [-0.15, -0.1) is 0 Å². The molecule has 0 saturated heterocycles. The predicted octanol–water partition coefficient (Wildman–Crippen LogP) is 1.86. The van der Waals surface area contributed by atoms with Crippen molar-refractivity contribution in [2.45, 2.75) is 26.0 Å². The third kappa shape index (κ3) is 2.09. The van der Waals surface area contributed by atoms with Crippen LogP contribution in [0.1, 0.15) is 30.3 Å². The Hall–Kier alpha value is -1.88. The van der Waals surface area contributed by atoms with E-state index in [1.54, 1.807) is 0 Å². The SMILES string of the molecule is CCNCc1nc(C2Cc3ccccc3O2)no1. The second kappa shape index (κ2) is 4.78. The zero-order valence-electron chi connectivity index (χ0n) is 10.2. The summed E-state index contributed by atoms with van der Waals surface area (Å²) in [6, 6.07) is 8.01. The largest absolute Gasteiger partial charge is 0.482 e. The van der Waals surface area contributed by atoms with E-state index in [2.05, 4.69) is 21.5 Å². The summed E-state index contributed by atoms with van der Waals surface area (Å²) in [6.07, 6.45) is 0.678. The fourth-order valence-corrected chi connectivity index (χ4v) is 2.03. The van der Waals surface area contributed by atoms with Crippen LogP contribution in [0.4, 0.5) is 0 Å². The zero-order valence-corrected chi connectivity index (χ0v) is 10.2. The summed E-state index contributed by atoms with van der Waals surface area (Å²) in [6.45, 7) is 3.51. The molecule has 0 saturated carbocycles. The molecule has 1 unspecified atom stereocenters. The smallest absolute Gasteiger partial charge is 0.240 e. The lowest BCUT2D eigenvalue weighted by Gasteiger charge is -2.04. The molecule has 1 aromatic carbocycles. The molecule has 1 aliphatic heterocycles. The molecule has 0 aliphatic carbocycles. The Bertz CT molecular complexity index is 514. The Labute approximate surface area is 105 Å². The normalized spacial score (nSPS) is 17.5. The lowest BCUT2D eigenvalue weighted by molar-refractivity contribution is 0.221. The van der Waals surface area contributed by atoms with Gasteiger partial charge >= 0.3 is 0 Å². The third-order valence-corrected chi connectivity index (χ3v) is 2.95. The van der Waals surface area contributed by atoms with E-state index in [-0.39, 0.29) is 6.10 Å². The van der Waals surface area contributed by atoms with Crippen molar-refractivity contribution in [3.05, 3.63) is 41.5 Å². The van der Waals surface area contributed by atoms with Gasteiger partial charge in [-0.1, -0.05) is 30.3 Å². The Morgan fingerprint density at radius 2 is 2.28 bits per heavy atom. The highest BCUT2D eigenvalue weighted by atomic mass is 16.5. The van der Waals surface area contributed by atoms with Crippen LogP contribution in [0.3, 0.4) is 0 Å². The van der Waals surface area contributed by atoms with Gasteiger partial charge in [0.25, 0.3) is 0 Å². The van der Waals surface area contributed by atoms with Crippen molar-refractivity contribution in [1.29, 1.82) is 0 Å². The maximum Gasteiger partial charge on any atom is 0.240 e. The number of nitrogens with zero attached hydrogens (tertiary/aromatic N) is 2. The van der Waals surface area contributed by atoms with E-state index < -0.39 is 0 Å². The number of benzene rings is 1. The van der Waals surface area contributed by atoms with Crippen LogP contribution in [0.2, 0.25) is 0 Å². The molecule has 1 aromatic heterocycles. The first-order chi connectivity index (χ1) is 8.86. The van der Waals surface area contributed by atoms with Crippen molar-refractivity contribution in [3.63, 3.8) is 0 Å². The summed E-state index contributed by atoms with van der Waals surface area (Å²) in [5.74, 6) is 2.14. The van der Waals surface area contributed by atoms with E-state index in [1.165, 1.54) is 5.56 Å². The van der Waals surface area contributed by atoms with Gasteiger partial charge in [0.1, 0.15) is 5.75 Å². The Morgan fingerprint density at radius 1 is 1.39 bits per heavy atom. The highest BCUT2D eigenvalue weighted by Gasteiger charge is 2.27. The third-order valence-electron chi connectivity index (χ3n) is 2.95. The maximum absolute atomic E-state index is 5.81. The number of fused-ring (bicyclic) bond motifs is 1. The van der Waals surface area contributed by atoms with Crippen molar-refractivity contribution < 1.29 is 9.26 Å². The minimum absolute atomic E-state index is 0.124. The zero-order chi connectivity index (χ0) is 12.4. The van der Waals surface area contributed by atoms with Gasteiger partial charge in [0.15, 0.2) is 6.10 Å². The van der Waals surface area contributed by atoms with Crippen molar-refractivity contribution in [2.24, 2.45) is 0 Å². The van der Waals surface area contributed by atoms with Crippen LogP contribution in [-0.4, -0.2) is 16.7 Å². The molecule has 0 radical (unpaired) electrons. The van der Waals surface area contributed by atoms with Crippen molar-refractivity contribution >= 4 is 0 Å². The molecule has 0 amide bonds. The van der Waals surface area contributed by atoms with Gasteiger partial charge < -0.3 is 14.6 Å². The lowest BCUT2D eigenvalue weighted by atomic mass is 10.1. The number of rotatable bonds is 4. The van der Waals surface area contributed by atoms with Gasteiger partial charge in [0.2, 0.25) is 11.7 Å². The van der Waals surface area contributed by atoms with Crippen LogP contribution in [0.5, 0.6) is 5.75 Å². The molecule has 1 atom stereocenters. The van der Waals surface area contributed by atoms with E-state index in [4.69, 9.17) is 9.26 Å². The second-order valence-electron chi connectivity index (χ2n) is 4.24. The molecule has 1 N–H and O–H groups in total. The number of aromatic nitrogens is 2. The monoisotopic (exact) mass is 245 g/mol. The molecule has 2 aromatic rings. The summed E-state index contributed by atoms with van der Waals surface area (Å²) in [5.41, 5.74) is 1.19.